The lowest BCUT2D eigenvalue weighted by molar-refractivity contribution is 0.0539. The van der Waals surface area contributed by atoms with Crippen molar-refractivity contribution in [2.75, 3.05) is 6.61 Å². The average Bonchev–Trinajstić information content (AvgIpc) is 2.18. The maximum absolute atomic E-state index is 5.71. The van der Waals surface area contributed by atoms with E-state index in [4.69, 9.17) is 4.74 Å². The summed E-state index contributed by atoms with van der Waals surface area (Å²) in [4.78, 5) is 0. The summed E-state index contributed by atoms with van der Waals surface area (Å²) < 4.78 is 5.71. The molecule has 1 heteroatoms. The molecule has 1 atom stereocenters. The highest BCUT2D eigenvalue weighted by atomic mass is 16.5. The Morgan fingerprint density at radius 1 is 1.13 bits per heavy atom. The van der Waals surface area contributed by atoms with Crippen LogP contribution in [0.2, 0.25) is 0 Å². The smallest absolute Gasteiger partial charge is 0.0717 e. The molecule has 0 saturated carbocycles. The van der Waals surface area contributed by atoms with Gasteiger partial charge in [0.15, 0.2) is 0 Å². The molecule has 15 heavy (non-hydrogen) atoms. The van der Waals surface area contributed by atoms with Gasteiger partial charge in [-0.1, -0.05) is 58.0 Å². The summed E-state index contributed by atoms with van der Waals surface area (Å²) in [5.74, 6) is 0.584. The first-order valence-electron chi connectivity index (χ1n) is 5.62. The van der Waals surface area contributed by atoms with E-state index in [0.29, 0.717) is 11.3 Å². The van der Waals surface area contributed by atoms with Crippen molar-refractivity contribution in [2.45, 2.75) is 34.3 Å². The van der Waals surface area contributed by atoms with E-state index in [1.165, 1.54) is 5.56 Å². The van der Waals surface area contributed by atoms with E-state index >= 15 is 0 Å². The molecule has 1 unspecified atom stereocenters. The quantitative estimate of drug-likeness (QED) is 0.726. The lowest BCUT2D eigenvalue weighted by atomic mass is 9.83. The zero-order valence-electron chi connectivity index (χ0n) is 10.3. The Kier molecular flexibility index (Phi) is 4.34. The molecule has 1 nitrogen and oxygen atoms in total. The van der Waals surface area contributed by atoms with Gasteiger partial charge in [0.2, 0.25) is 0 Å². The molecule has 1 aromatic rings. The number of benzene rings is 1. The van der Waals surface area contributed by atoms with Gasteiger partial charge in [-0.05, 0) is 16.9 Å². The van der Waals surface area contributed by atoms with E-state index in [1.54, 1.807) is 0 Å². The third kappa shape index (κ3) is 4.48. The Balaban J connectivity index is 2.28. The van der Waals surface area contributed by atoms with Gasteiger partial charge in [-0.25, -0.2) is 0 Å². The molecule has 0 radical (unpaired) electrons. The van der Waals surface area contributed by atoms with Crippen molar-refractivity contribution in [3.05, 3.63) is 35.9 Å². The van der Waals surface area contributed by atoms with E-state index < -0.39 is 0 Å². The van der Waals surface area contributed by atoms with Crippen LogP contribution in [0.15, 0.2) is 30.3 Å². The van der Waals surface area contributed by atoms with Gasteiger partial charge in [-0.2, -0.15) is 0 Å². The van der Waals surface area contributed by atoms with Crippen molar-refractivity contribution in [3.8, 4) is 0 Å². The molecule has 0 saturated heterocycles. The molecule has 0 aliphatic heterocycles. The van der Waals surface area contributed by atoms with Crippen LogP contribution >= 0.6 is 0 Å². The van der Waals surface area contributed by atoms with Crippen LogP contribution in [0.5, 0.6) is 0 Å². The monoisotopic (exact) mass is 206 g/mol. The second kappa shape index (κ2) is 5.32. The Hall–Kier alpha value is -0.820. The van der Waals surface area contributed by atoms with Crippen molar-refractivity contribution in [1.82, 2.24) is 0 Å². The maximum atomic E-state index is 5.71. The fourth-order valence-electron chi connectivity index (χ4n) is 1.18. The molecule has 0 spiro atoms. The molecule has 0 aromatic heterocycles. The number of rotatable bonds is 4. The zero-order chi connectivity index (χ0) is 11.3. The molecule has 0 aliphatic rings. The van der Waals surface area contributed by atoms with Crippen LogP contribution < -0.4 is 0 Å². The molecule has 0 aliphatic carbocycles. The first-order valence-corrected chi connectivity index (χ1v) is 5.62. The van der Waals surface area contributed by atoms with Crippen molar-refractivity contribution >= 4 is 0 Å². The molecule has 0 fully saturated rings. The van der Waals surface area contributed by atoms with E-state index in [2.05, 4.69) is 39.8 Å². The van der Waals surface area contributed by atoms with Crippen LogP contribution in [-0.2, 0) is 11.3 Å². The molecule has 84 valence electrons. The van der Waals surface area contributed by atoms with E-state index in [1.807, 2.05) is 18.2 Å². The predicted molar refractivity (Wildman–Crippen MR) is 64.7 cm³/mol. The number of hydrogen-bond donors (Lipinski definition) is 0. The van der Waals surface area contributed by atoms with Crippen molar-refractivity contribution < 1.29 is 4.74 Å². The fraction of sp³-hybridized carbons (Fsp3) is 0.571. The van der Waals surface area contributed by atoms with Gasteiger partial charge in [0.1, 0.15) is 0 Å². The highest BCUT2D eigenvalue weighted by molar-refractivity contribution is 5.13. The Morgan fingerprint density at radius 3 is 2.27 bits per heavy atom. The van der Waals surface area contributed by atoms with Crippen LogP contribution in [0.3, 0.4) is 0 Å². The summed E-state index contributed by atoms with van der Waals surface area (Å²) in [5.41, 5.74) is 1.58. The summed E-state index contributed by atoms with van der Waals surface area (Å²) >= 11 is 0. The van der Waals surface area contributed by atoms with Gasteiger partial charge in [0, 0.05) is 0 Å². The highest BCUT2D eigenvalue weighted by Crippen LogP contribution is 2.25. The first kappa shape index (κ1) is 12.3. The third-order valence-corrected chi connectivity index (χ3v) is 2.96. The SMILES string of the molecule is CC(COCc1ccccc1)C(C)(C)C. The molecule has 0 N–H and O–H groups in total. The fourth-order valence-corrected chi connectivity index (χ4v) is 1.18. The lowest BCUT2D eigenvalue weighted by Crippen LogP contribution is -2.22. The van der Waals surface area contributed by atoms with E-state index in [-0.39, 0.29) is 0 Å². The second-order valence-corrected chi connectivity index (χ2v) is 5.27. The summed E-state index contributed by atoms with van der Waals surface area (Å²) in [6.07, 6.45) is 0. The minimum atomic E-state index is 0.330. The molecule has 0 amide bonds. The van der Waals surface area contributed by atoms with Crippen LogP contribution in [0, 0.1) is 11.3 Å². The minimum absolute atomic E-state index is 0.330. The van der Waals surface area contributed by atoms with Gasteiger partial charge in [-0.3, -0.25) is 0 Å². The van der Waals surface area contributed by atoms with Crippen LogP contribution in [0.4, 0.5) is 0 Å². The molecular formula is C14H22O. The van der Waals surface area contributed by atoms with Crippen LogP contribution in [0.1, 0.15) is 33.3 Å². The van der Waals surface area contributed by atoms with Gasteiger partial charge in [-0.15, -0.1) is 0 Å². The van der Waals surface area contributed by atoms with Crippen LogP contribution in [0.25, 0.3) is 0 Å². The maximum Gasteiger partial charge on any atom is 0.0717 e. The van der Waals surface area contributed by atoms with Gasteiger partial charge >= 0.3 is 0 Å². The zero-order valence-corrected chi connectivity index (χ0v) is 10.3. The van der Waals surface area contributed by atoms with Gasteiger partial charge in [0.05, 0.1) is 13.2 Å². The van der Waals surface area contributed by atoms with Gasteiger partial charge in [0.25, 0.3) is 0 Å². The summed E-state index contributed by atoms with van der Waals surface area (Å²) in [6.45, 7) is 10.6. The Bertz CT molecular complexity index is 271. The highest BCUT2D eigenvalue weighted by Gasteiger charge is 2.19. The first-order chi connectivity index (χ1) is 7.00. The number of ether oxygens (including phenoxy) is 1. The topological polar surface area (TPSA) is 9.23 Å². The molecule has 1 rings (SSSR count). The second-order valence-electron chi connectivity index (χ2n) is 5.27. The standard InChI is InChI=1S/C14H22O/c1-12(14(2,3)4)10-15-11-13-8-6-5-7-9-13/h5-9,12H,10-11H2,1-4H3. The Labute approximate surface area is 93.5 Å². The molecule has 1 aromatic carbocycles. The molecule has 0 heterocycles. The van der Waals surface area contributed by atoms with Crippen LogP contribution in [-0.4, -0.2) is 6.61 Å². The lowest BCUT2D eigenvalue weighted by Gasteiger charge is -2.26. The largest absolute Gasteiger partial charge is 0.376 e. The predicted octanol–water partition coefficient (Wildman–Crippen LogP) is 3.89. The summed E-state index contributed by atoms with van der Waals surface area (Å²) in [6, 6.07) is 10.3. The van der Waals surface area contributed by atoms with E-state index in [0.717, 1.165) is 13.2 Å². The van der Waals surface area contributed by atoms with Crippen molar-refractivity contribution in [3.63, 3.8) is 0 Å². The van der Waals surface area contributed by atoms with E-state index in [9.17, 15) is 0 Å². The normalized spacial score (nSPS) is 13.9. The number of hydrogen-bond acceptors (Lipinski definition) is 1. The van der Waals surface area contributed by atoms with Crippen molar-refractivity contribution in [1.29, 1.82) is 0 Å². The third-order valence-electron chi connectivity index (χ3n) is 2.96. The summed E-state index contributed by atoms with van der Waals surface area (Å²) in [7, 11) is 0. The van der Waals surface area contributed by atoms with Gasteiger partial charge < -0.3 is 4.74 Å². The summed E-state index contributed by atoms with van der Waals surface area (Å²) in [5, 5.41) is 0. The minimum Gasteiger partial charge on any atom is -0.376 e. The Morgan fingerprint density at radius 2 is 1.73 bits per heavy atom. The average molecular weight is 206 g/mol. The van der Waals surface area contributed by atoms with Crippen molar-refractivity contribution in [2.24, 2.45) is 11.3 Å². The molecular weight excluding hydrogens is 184 g/mol. The molecule has 0 bridgehead atoms.